The first-order chi connectivity index (χ1) is 11.2. The fourth-order valence-corrected chi connectivity index (χ4v) is 1.64. The number of pyridine rings is 1. The third-order valence-corrected chi connectivity index (χ3v) is 2.89. The largest absolute Gasteiger partial charge is 0.548 e. The SMILES string of the molecule is CC(=O)NN[C@@H](CCC(N)=O)C(=O)[O-].CCc1[nH+]c(C)ccc1O. The van der Waals surface area contributed by atoms with Gasteiger partial charge in [0.05, 0.1) is 12.0 Å². The van der Waals surface area contributed by atoms with Crippen molar-refractivity contribution < 1.29 is 29.6 Å². The Morgan fingerprint density at radius 3 is 2.42 bits per heavy atom. The highest BCUT2D eigenvalue weighted by atomic mass is 16.4. The summed E-state index contributed by atoms with van der Waals surface area (Å²) in [6.07, 6.45) is 0.719. The number of carboxylic acids is 1. The summed E-state index contributed by atoms with van der Waals surface area (Å²) in [5, 5.41) is 19.7. The van der Waals surface area contributed by atoms with E-state index in [0.717, 1.165) is 17.8 Å². The zero-order valence-corrected chi connectivity index (χ0v) is 14.0. The molecule has 0 aromatic carbocycles. The molecule has 0 bridgehead atoms. The second-order valence-corrected chi connectivity index (χ2v) is 5.06. The van der Waals surface area contributed by atoms with Gasteiger partial charge in [-0.2, -0.15) is 0 Å². The van der Waals surface area contributed by atoms with Gasteiger partial charge in [-0.15, -0.1) is 0 Å². The van der Waals surface area contributed by atoms with Gasteiger partial charge in [-0.05, 0) is 12.5 Å². The van der Waals surface area contributed by atoms with Crippen molar-refractivity contribution in [2.24, 2.45) is 5.73 Å². The van der Waals surface area contributed by atoms with E-state index < -0.39 is 23.8 Å². The van der Waals surface area contributed by atoms with Gasteiger partial charge < -0.3 is 20.7 Å². The van der Waals surface area contributed by atoms with Crippen LogP contribution in [0.5, 0.6) is 5.75 Å². The van der Waals surface area contributed by atoms with Crippen LogP contribution in [-0.2, 0) is 20.8 Å². The first kappa shape index (κ1) is 21.3. The van der Waals surface area contributed by atoms with Crippen molar-refractivity contribution in [1.82, 2.24) is 10.9 Å². The lowest BCUT2D eigenvalue weighted by atomic mass is 10.1. The number of aryl methyl sites for hydroxylation is 2. The molecule has 0 aliphatic rings. The molecule has 0 spiro atoms. The Morgan fingerprint density at radius 1 is 1.38 bits per heavy atom. The number of carbonyl (C=O) groups excluding carboxylic acids is 3. The molecule has 1 aromatic heterocycles. The maximum absolute atomic E-state index is 10.4. The van der Waals surface area contributed by atoms with Gasteiger partial charge >= 0.3 is 0 Å². The number of aromatic nitrogens is 1. The Kier molecular flexibility index (Phi) is 9.73. The summed E-state index contributed by atoms with van der Waals surface area (Å²) in [4.78, 5) is 34.3. The zero-order valence-electron chi connectivity index (χ0n) is 14.0. The number of amides is 2. The second kappa shape index (κ2) is 10.9. The standard InChI is InChI=1S/C8H11NO.C7H13N3O4/c1-3-7-8(10)5-4-6(2)9-7;1-4(11)9-10-5(7(13)14)2-3-6(8)12/h4-5,10H,3H2,1-2H3;5,10H,2-3H2,1H3,(H2,8,12)(H,9,11)(H,13,14)/t;5-/m.0/s1. The molecule has 9 heteroatoms. The number of hydrazine groups is 1. The van der Waals surface area contributed by atoms with Crippen LogP contribution in [0.1, 0.15) is 38.1 Å². The molecule has 0 radical (unpaired) electrons. The van der Waals surface area contributed by atoms with Crippen molar-refractivity contribution in [3.63, 3.8) is 0 Å². The molecule has 0 aliphatic heterocycles. The van der Waals surface area contributed by atoms with Gasteiger partial charge in [0.15, 0.2) is 11.4 Å². The van der Waals surface area contributed by atoms with Gasteiger partial charge in [-0.3, -0.25) is 15.0 Å². The maximum Gasteiger partial charge on any atom is 0.230 e. The maximum atomic E-state index is 10.4. The van der Waals surface area contributed by atoms with Crippen LogP contribution in [0.2, 0.25) is 0 Å². The van der Waals surface area contributed by atoms with Gasteiger partial charge in [0.1, 0.15) is 0 Å². The summed E-state index contributed by atoms with van der Waals surface area (Å²) in [7, 11) is 0. The number of rotatable bonds is 7. The highest BCUT2D eigenvalue weighted by Crippen LogP contribution is 2.10. The Morgan fingerprint density at radius 2 is 2.00 bits per heavy atom. The first-order valence-corrected chi connectivity index (χ1v) is 7.39. The highest BCUT2D eigenvalue weighted by molar-refractivity contribution is 5.77. The lowest BCUT2D eigenvalue weighted by Gasteiger charge is -2.18. The number of nitrogens with two attached hydrogens (primary N) is 1. The molecule has 134 valence electrons. The van der Waals surface area contributed by atoms with Gasteiger partial charge in [-0.1, -0.05) is 6.92 Å². The van der Waals surface area contributed by atoms with Crippen LogP contribution in [0.15, 0.2) is 12.1 Å². The van der Waals surface area contributed by atoms with E-state index in [2.05, 4.69) is 15.8 Å². The van der Waals surface area contributed by atoms with Crippen molar-refractivity contribution in [3.8, 4) is 5.75 Å². The number of H-pyrrole nitrogens is 1. The van der Waals surface area contributed by atoms with Crippen LogP contribution in [0.25, 0.3) is 0 Å². The molecule has 2 amide bonds. The molecule has 1 atom stereocenters. The lowest BCUT2D eigenvalue weighted by molar-refractivity contribution is -0.400. The number of nitrogens with one attached hydrogen (secondary N) is 3. The molecule has 6 N–H and O–H groups in total. The van der Waals surface area contributed by atoms with E-state index in [4.69, 9.17) is 5.73 Å². The number of aliphatic carboxylic acids is 1. The number of hydrogen-bond acceptors (Lipinski definition) is 6. The fraction of sp³-hybridized carbons (Fsp3) is 0.467. The lowest BCUT2D eigenvalue weighted by Crippen LogP contribution is -2.52. The molecule has 0 saturated carbocycles. The van der Waals surface area contributed by atoms with Crippen LogP contribution in [0.3, 0.4) is 0 Å². The molecular formula is C15H24N4O5. The number of primary amides is 1. The molecule has 0 aliphatic carbocycles. The molecule has 1 heterocycles. The average molecular weight is 340 g/mol. The van der Waals surface area contributed by atoms with Gasteiger partial charge in [0.2, 0.25) is 17.5 Å². The Hall–Kier alpha value is -2.68. The first-order valence-electron chi connectivity index (χ1n) is 7.39. The smallest absolute Gasteiger partial charge is 0.230 e. The monoisotopic (exact) mass is 340 g/mol. The summed E-state index contributed by atoms with van der Waals surface area (Å²) in [5.41, 5.74) is 11.1. The fourth-order valence-electron chi connectivity index (χ4n) is 1.64. The number of hydrogen-bond donors (Lipinski definition) is 4. The highest BCUT2D eigenvalue weighted by Gasteiger charge is 2.10. The Labute approximate surface area is 140 Å². The van der Waals surface area contributed by atoms with Crippen LogP contribution >= 0.6 is 0 Å². The number of aromatic amines is 1. The van der Waals surface area contributed by atoms with Crippen molar-refractivity contribution in [2.45, 2.75) is 46.1 Å². The minimum atomic E-state index is -1.40. The molecule has 1 aromatic rings. The van der Waals surface area contributed by atoms with Crippen molar-refractivity contribution >= 4 is 17.8 Å². The van der Waals surface area contributed by atoms with Crippen LogP contribution < -0.4 is 26.7 Å². The molecule has 0 unspecified atom stereocenters. The molecule has 24 heavy (non-hydrogen) atoms. The van der Waals surface area contributed by atoms with E-state index in [1.807, 2.05) is 19.9 Å². The van der Waals surface area contributed by atoms with Crippen molar-refractivity contribution in [1.29, 1.82) is 0 Å². The zero-order chi connectivity index (χ0) is 18.7. The van der Waals surface area contributed by atoms with Crippen LogP contribution in [0, 0.1) is 6.92 Å². The molecule has 0 saturated heterocycles. The third kappa shape index (κ3) is 9.36. The van der Waals surface area contributed by atoms with Crippen LogP contribution in [0.4, 0.5) is 0 Å². The minimum absolute atomic E-state index is 0.0298. The molecule has 9 nitrogen and oxygen atoms in total. The Bertz CT molecular complexity index is 559. The topological polar surface area (TPSA) is 159 Å². The molecule has 0 fully saturated rings. The number of aromatic hydroxyl groups is 1. The van der Waals surface area contributed by atoms with Crippen LogP contribution in [-0.4, -0.2) is 28.9 Å². The predicted octanol–water partition coefficient (Wildman–Crippen LogP) is -1.91. The summed E-state index contributed by atoms with van der Waals surface area (Å²) < 4.78 is 0. The quantitative estimate of drug-likeness (QED) is 0.424. The third-order valence-electron chi connectivity index (χ3n) is 2.89. The summed E-state index contributed by atoms with van der Waals surface area (Å²) in [6, 6.07) is 2.45. The minimum Gasteiger partial charge on any atom is -0.548 e. The molecule has 1 rings (SSSR count). The normalized spacial score (nSPS) is 11.0. The summed E-state index contributed by atoms with van der Waals surface area (Å²) >= 11 is 0. The molecular weight excluding hydrogens is 316 g/mol. The number of carbonyl (C=O) groups is 3. The van der Waals surface area contributed by atoms with E-state index >= 15 is 0 Å². The van der Waals surface area contributed by atoms with Gasteiger partial charge in [0, 0.05) is 32.8 Å². The van der Waals surface area contributed by atoms with E-state index in [0.29, 0.717) is 5.75 Å². The van der Waals surface area contributed by atoms with Crippen molar-refractivity contribution in [3.05, 3.63) is 23.5 Å². The number of carboxylic acid groups (broad SMARTS) is 1. The van der Waals surface area contributed by atoms with E-state index in [-0.39, 0.29) is 12.8 Å². The van der Waals surface area contributed by atoms with E-state index in [1.54, 1.807) is 6.07 Å². The predicted molar refractivity (Wildman–Crippen MR) is 83.0 cm³/mol. The van der Waals surface area contributed by atoms with E-state index in [1.165, 1.54) is 6.92 Å². The van der Waals surface area contributed by atoms with Crippen molar-refractivity contribution in [2.75, 3.05) is 0 Å². The van der Waals surface area contributed by atoms with Gasteiger partial charge in [0.25, 0.3) is 0 Å². The second-order valence-electron chi connectivity index (χ2n) is 5.06. The summed E-state index contributed by atoms with van der Waals surface area (Å²) in [5.74, 6) is -2.09. The van der Waals surface area contributed by atoms with E-state index in [9.17, 15) is 24.6 Å². The Balaban J connectivity index is 0.000000463. The summed E-state index contributed by atoms with van der Waals surface area (Å²) in [6.45, 7) is 5.19. The average Bonchev–Trinajstić information content (AvgIpc) is 2.49. The van der Waals surface area contributed by atoms with Gasteiger partial charge in [-0.25, -0.2) is 10.4 Å².